The number of ketones is 1. The van der Waals surface area contributed by atoms with Gasteiger partial charge in [0.25, 0.3) is 0 Å². The van der Waals surface area contributed by atoms with Gasteiger partial charge in [-0.15, -0.1) is 0 Å². The standard InChI is InChI=1S/C21H18ClNO3/c22-14-3-1-4-15(11-14)23-18-5-2-6-19(25)21(18)17(12-20(23)26)13-7-9-16(24)10-8-13/h1,3-4,7-11,17,24H,2,5-6,12H2. The van der Waals surface area contributed by atoms with Crippen LogP contribution in [0.5, 0.6) is 5.75 Å². The van der Waals surface area contributed by atoms with Crippen molar-refractivity contribution in [3.05, 3.63) is 70.4 Å². The topological polar surface area (TPSA) is 57.6 Å². The van der Waals surface area contributed by atoms with Crippen LogP contribution < -0.4 is 4.90 Å². The van der Waals surface area contributed by atoms with Crippen LogP contribution in [0, 0.1) is 0 Å². The molecule has 26 heavy (non-hydrogen) atoms. The Bertz CT molecular complexity index is 917. The fourth-order valence-electron chi connectivity index (χ4n) is 3.90. The second kappa shape index (κ2) is 6.61. The molecule has 2 aliphatic rings. The lowest BCUT2D eigenvalue weighted by Gasteiger charge is -2.38. The zero-order valence-electron chi connectivity index (χ0n) is 14.1. The van der Waals surface area contributed by atoms with Crippen LogP contribution in [0.2, 0.25) is 5.02 Å². The van der Waals surface area contributed by atoms with Crippen molar-refractivity contribution in [1.29, 1.82) is 0 Å². The first-order valence-electron chi connectivity index (χ1n) is 8.68. The Balaban J connectivity index is 1.85. The summed E-state index contributed by atoms with van der Waals surface area (Å²) in [5.74, 6) is -0.0374. The van der Waals surface area contributed by atoms with E-state index < -0.39 is 0 Å². The number of allylic oxidation sites excluding steroid dienone is 2. The quantitative estimate of drug-likeness (QED) is 0.845. The number of carbonyl (C=O) groups is 2. The minimum atomic E-state index is -0.263. The summed E-state index contributed by atoms with van der Waals surface area (Å²) in [5, 5.41) is 10.1. The van der Waals surface area contributed by atoms with E-state index >= 15 is 0 Å². The normalized spacial score (nSPS) is 20.3. The van der Waals surface area contributed by atoms with Gasteiger partial charge in [-0.05, 0) is 48.7 Å². The molecule has 5 heteroatoms. The molecule has 0 bridgehead atoms. The summed E-state index contributed by atoms with van der Waals surface area (Å²) in [6.07, 6.45) is 2.16. The van der Waals surface area contributed by atoms with E-state index in [1.54, 1.807) is 41.3 Å². The van der Waals surface area contributed by atoms with E-state index in [0.29, 0.717) is 23.6 Å². The molecule has 1 aliphatic heterocycles. The fourth-order valence-corrected chi connectivity index (χ4v) is 4.08. The molecule has 4 rings (SSSR count). The number of phenols is 1. The van der Waals surface area contributed by atoms with Crippen molar-refractivity contribution >= 4 is 29.0 Å². The lowest BCUT2D eigenvalue weighted by molar-refractivity contribution is -0.119. The van der Waals surface area contributed by atoms with Crippen molar-refractivity contribution < 1.29 is 14.7 Å². The molecule has 2 aromatic rings. The number of hydrogen-bond acceptors (Lipinski definition) is 3. The van der Waals surface area contributed by atoms with E-state index in [9.17, 15) is 14.7 Å². The first-order chi connectivity index (χ1) is 12.5. The van der Waals surface area contributed by atoms with Crippen molar-refractivity contribution in [3.8, 4) is 5.75 Å². The number of rotatable bonds is 2. The average Bonchev–Trinajstić information content (AvgIpc) is 2.62. The smallest absolute Gasteiger partial charge is 0.232 e. The van der Waals surface area contributed by atoms with Gasteiger partial charge in [-0.2, -0.15) is 0 Å². The largest absolute Gasteiger partial charge is 0.508 e. The molecule has 1 heterocycles. The van der Waals surface area contributed by atoms with Crippen molar-refractivity contribution in [2.45, 2.75) is 31.6 Å². The maximum atomic E-state index is 13.0. The minimum absolute atomic E-state index is 0.0428. The molecule has 1 aliphatic carbocycles. The van der Waals surface area contributed by atoms with Crippen LogP contribution in [0.1, 0.15) is 37.2 Å². The van der Waals surface area contributed by atoms with E-state index in [4.69, 9.17) is 11.6 Å². The Kier molecular flexibility index (Phi) is 4.29. The summed E-state index contributed by atoms with van der Waals surface area (Å²) in [6, 6.07) is 13.9. The molecule has 0 saturated carbocycles. The van der Waals surface area contributed by atoms with Crippen LogP contribution >= 0.6 is 11.6 Å². The summed E-state index contributed by atoms with van der Waals surface area (Å²) in [5.41, 5.74) is 3.10. The zero-order valence-corrected chi connectivity index (χ0v) is 14.9. The maximum absolute atomic E-state index is 13.0. The highest BCUT2D eigenvalue weighted by atomic mass is 35.5. The van der Waals surface area contributed by atoms with Gasteiger partial charge in [0.1, 0.15) is 5.75 Å². The molecule has 1 amide bonds. The van der Waals surface area contributed by atoms with Gasteiger partial charge >= 0.3 is 0 Å². The highest BCUT2D eigenvalue weighted by molar-refractivity contribution is 6.31. The van der Waals surface area contributed by atoms with Crippen LogP contribution in [0.4, 0.5) is 5.69 Å². The molecule has 0 aromatic heterocycles. The van der Waals surface area contributed by atoms with Crippen LogP contribution in [0.15, 0.2) is 59.8 Å². The van der Waals surface area contributed by atoms with Crippen molar-refractivity contribution in [2.75, 3.05) is 4.90 Å². The molecule has 1 N–H and O–H groups in total. The van der Waals surface area contributed by atoms with E-state index in [1.807, 2.05) is 12.1 Å². The summed E-state index contributed by atoms with van der Waals surface area (Å²) in [7, 11) is 0. The third-order valence-corrected chi connectivity index (χ3v) is 5.27. The molecule has 0 fully saturated rings. The van der Waals surface area contributed by atoms with Gasteiger partial charge in [0.15, 0.2) is 5.78 Å². The third kappa shape index (κ3) is 2.90. The van der Waals surface area contributed by atoms with Crippen LogP contribution in [-0.4, -0.2) is 16.8 Å². The predicted molar refractivity (Wildman–Crippen MR) is 100 cm³/mol. The van der Waals surface area contributed by atoms with Crippen LogP contribution in [0.25, 0.3) is 0 Å². The molecular formula is C21H18ClNO3. The fraction of sp³-hybridized carbons (Fsp3) is 0.238. The van der Waals surface area contributed by atoms with E-state index in [0.717, 1.165) is 23.3 Å². The molecule has 2 aromatic carbocycles. The number of aromatic hydroxyl groups is 1. The molecule has 1 atom stereocenters. The van der Waals surface area contributed by atoms with E-state index in [2.05, 4.69) is 0 Å². The summed E-state index contributed by atoms with van der Waals surface area (Å²) in [4.78, 5) is 27.4. The number of benzene rings is 2. The molecule has 1 unspecified atom stereocenters. The zero-order chi connectivity index (χ0) is 18.3. The highest BCUT2D eigenvalue weighted by Crippen LogP contribution is 2.43. The molecular weight excluding hydrogens is 350 g/mol. The van der Waals surface area contributed by atoms with Crippen LogP contribution in [0.3, 0.4) is 0 Å². The van der Waals surface area contributed by atoms with Gasteiger partial charge in [0, 0.05) is 35.1 Å². The maximum Gasteiger partial charge on any atom is 0.232 e. The second-order valence-electron chi connectivity index (χ2n) is 6.69. The van der Waals surface area contributed by atoms with E-state index in [-0.39, 0.29) is 29.8 Å². The van der Waals surface area contributed by atoms with Gasteiger partial charge in [0.2, 0.25) is 5.91 Å². The first kappa shape index (κ1) is 16.9. The molecule has 0 radical (unpaired) electrons. The lowest BCUT2D eigenvalue weighted by atomic mass is 9.77. The number of halogens is 1. The first-order valence-corrected chi connectivity index (χ1v) is 9.06. The Labute approximate surface area is 156 Å². The number of nitrogens with zero attached hydrogens (tertiary/aromatic N) is 1. The summed E-state index contributed by atoms with van der Waals surface area (Å²) < 4.78 is 0. The van der Waals surface area contributed by atoms with Crippen molar-refractivity contribution in [2.24, 2.45) is 0 Å². The van der Waals surface area contributed by atoms with Crippen molar-refractivity contribution in [1.82, 2.24) is 0 Å². The number of hydrogen-bond donors (Lipinski definition) is 1. The Morgan fingerprint density at radius 3 is 2.54 bits per heavy atom. The van der Waals surface area contributed by atoms with Gasteiger partial charge in [0.05, 0.1) is 5.69 Å². The molecule has 132 valence electrons. The number of phenolic OH excluding ortho intramolecular Hbond substituents is 1. The molecule has 0 spiro atoms. The predicted octanol–water partition coefficient (Wildman–Crippen LogP) is 4.57. The van der Waals surface area contributed by atoms with Gasteiger partial charge in [-0.25, -0.2) is 0 Å². The van der Waals surface area contributed by atoms with Gasteiger partial charge in [-0.3, -0.25) is 14.5 Å². The lowest BCUT2D eigenvalue weighted by Crippen LogP contribution is -2.40. The summed E-state index contributed by atoms with van der Waals surface area (Å²) >= 11 is 6.11. The minimum Gasteiger partial charge on any atom is -0.508 e. The average molecular weight is 368 g/mol. The van der Waals surface area contributed by atoms with Crippen molar-refractivity contribution in [3.63, 3.8) is 0 Å². The Morgan fingerprint density at radius 1 is 1.04 bits per heavy atom. The molecule has 4 nitrogen and oxygen atoms in total. The van der Waals surface area contributed by atoms with Gasteiger partial charge < -0.3 is 5.11 Å². The van der Waals surface area contributed by atoms with Crippen LogP contribution in [-0.2, 0) is 9.59 Å². The van der Waals surface area contributed by atoms with E-state index in [1.165, 1.54) is 0 Å². The highest BCUT2D eigenvalue weighted by Gasteiger charge is 2.39. The third-order valence-electron chi connectivity index (χ3n) is 5.04. The second-order valence-corrected chi connectivity index (χ2v) is 7.13. The number of carbonyl (C=O) groups excluding carboxylic acids is 2. The summed E-state index contributed by atoms with van der Waals surface area (Å²) in [6.45, 7) is 0. The number of amides is 1. The monoisotopic (exact) mass is 367 g/mol. The number of Topliss-reactive ketones (excluding diaryl/α,β-unsaturated/α-hetero) is 1. The SMILES string of the molecule is O=C1CCCC2=C1C(c1ccc(O)cc1)CC(=O)N2c1cccc(Cl)c1. The molecule has 0 saturated heterocycles. The number of anilines is 1. The Hall–Kier alpha value is -2.59. The van der Waals surface area contributed by atoms with Gasteiger partial charge in [-0.1, -0.05) is 29.8 Å². The Morgan fingerprint density at radius 2 is 1.81 bits per heavy atom.